The SMILES string of the molecule is Cc1ncn(C)c1-c1cnc2c3ccc(C(C)(C)NC(=O)CN(C)C)cc3n(C(c3ccccc3)C3CCOCC3)c2c1. The number of benzene rings is 2. The zero-order valence-electron chi connectivity index (χ0n) is 26.1. The number of pyridine rings is 1. The van der Waals surface area contributed by atoms with Crippen molar-refractivity contribution in [1.29, 1.82) is 0 Å². The number of aryl methyl sites for hydroxylation is 2. The van der Waals surface area contributed by atoms with Gasteiger partial charge in [0.1, 0.15) is 0 Å². The summed E-state index contributed by atoms with van der Waals surface area (Å²) in [5.74, 6) is 0.395. The van der Waals surface area contributed by atoms with Gasteiger partial charge in [-0.2, -0.15) is 0 Å². The molecule has 1 unspecified atom stereocenters. The minimum atomic E-state index is -0.562. The Bertz CT molecular complexity index is 1740. The van der Waals surface area contributed by atoms with E-state index in [0.29, 0.717) is 12.5 Å². The normalized spacial score (nSPS) is 15.4. The van der Waals surface area contributed by atoms with Crippen molar-refractivity contribution in [1.82, 2.24) is 29.3 Å². The zero-order valence-corrected chi connectivity index (χ0v) is 26.1. The van der Waals surface area contributed by atoms with Gasteiger partial charge in [0.2, 0.25) is 5.91 Å². The van der Waals surface area contributed by atoms with Crippen LogP contribution in [0.3, 0.4) is 0 Å². The Hall–Kier alpha value is -4.01. The molecule has 6 rings (SSSR count). The second-order valence-corrected chi connectivity index (χ2v) is 12.7. The first-order valence-electron chi connectivity index (χ1n) is 15.1. The van der Waals surface area contributed by atoms with Crippen molar-refractivity contribution < 1.29 is 9.53 Å². The number of amides is 1. The van der Waals surface area contributed by atoms with Crippen LogP contribution in [0.1, 0.15) is 49.6 Å². The molecule has 0 bridgehead atoms. The highest BCUT2D eigenvalue weighted by atomic mass is 16.5. The lowest BCUT2D eigenvalue weighted by Gasteiger charge is -2.33. The summed E-state index contributed by atoms with van der Waals surface area (Å²) in [5, 5.41) is 4.36. The van der Waals surface area contributed by atoms with E-state index in [1.165, 1.54) is 5.56 Å². The van der Waals surface area contributed by atoms with Crippen molar-refractivity contribution in [2.24, 2.45) is 13.0 Å². The van der Waals surface area contributed by atoms with Crippen LogP contribution >= 0.6 is 0 Å². The molecule has 8 heteroatoms. The second kappa shape index (κ2) is 11.6. The number of carbonyl (C=O) groups is 1. The maximum atomic E-state index is 12.8. The number of likely N-dealkylation sites (N-methyl/N-ethyl adjacent to an activating group) is 1. The van der Waals surface area contributed by atoms with Gasteiger partial charge in [-0.05, 0) is 76.9 Å². The topological polar surface area (TPSA) is 77.2 Å². The molecule has 0 radical (unpaired) electrons. The van der Waals surface area contributed by atoms with E-state index in [0.717, 1.165) is 70.5 Å². The molecule has 1 saturated heterocycles. The Morgan fingerprint density at radius 1 is 1.07 bits per heavy atom. The molecule has 4 heterocycles. The van der Waals surface area contributed by atoms with E-state index in [1.54, 1.807) is 0 Å². The molecule has 0 saturated carbocycles. The van der Waals surface area contributed by atoms with Crippen molar-refractivity contribution >= 4 is 27.8 Å². The number of ether oxygens (including phenoxy) is 1. The van der Waals surface area contributed by atoms with Crippen molar-refractivity contribution in [2.45, 2.75) is 45.2 Å². The summed E-state index contributed by atoms with van der Waals surface area (Å²) >= 11 is 0. The van der Waals surface area contributed by atoms with E-state index in [1.807, 2.05) is 45.5 Å². The highest BCUT2D eigenvalue weighted by molar-refractivity contribution is 6.07. The molecule has 1 aliphatic rings. The molecule has 8 nitrogen and oxygen atoms in total. The van der Waals surface area contributed by atoms with Crippen LogP contribution in [0, 0.1) is 12.8 Å². The van der Waals surface area contributed by atoms with Crippen LogP contribution in [-0.2, 0) is 22.1 Å². The molecule has 0 spiro atoms. The van der Waals surface area contributed by atoms with Crippen molar-refractivity contribution in [3.63, 3.8) is 0 Å². The zero-order chi connectivity index (χ0) is 30.3. The van der Waals surface area contributed by atoms with Gasteiger partial charge in [-0.15, -0.1) is 0 Å². The molecule has 3 aromatic heterocycles. The van der Waals surface area contributed by atoms with E-state index in [9.17, 15) is 4.79 Å². The molecule has 2 aromatic carbocycles. The van der Waals surface area contributed by atoms with E-state index in [4.69, 9.17) is 9.72 Å². The van der Waals surface area contributed by atoms with E-state index < -0.39 is 5.54 Å². The van der Waals surface area contributed by atoms with Crippen molar-refractivity contribution in [2.75, 3.05) is 33.9 Å². The van der Waals surface area contributed by atoms with Crippen LogP contribution in [0.15, 0.2) is 67.1 Å². The Labute approximate surface area is 253 Å². The molecule has 0 aliphatic carbocycles. The monoisotopic (exact) mass is 578 g/mol. The summed E-state index contributed by atoms with van der Waals surface area (Å²) in [6.07, 6.45) is 5.81. The number of carbonyl (C=O) groups excluding carboxylic acids is 1. The fraction of sp³-hybridized carbons (Fsp3) is 0.400. The lowest BCUT2D eigenvalue weighted by atomic mass is 9.86. The predicted octanol–water partition coefficient (Wildman–Crippen LogP) is 5.83. The summed E-state index contributed by atoms with van der Waals surface area (Å²) in [4.78, 5) is 24.4. The average molecular weight is 579 g/mol. The molecule has 5 aromatic rings. The van der Waals surface area contributed by atoms with E-state index in [-0.39, 0.29) is 11.9 Å². The molecular weight excluding hydrogens is 536 g/mol. The van der Waals surface area contributed by atoms with Gasteiger partial charge in [0.25, 0.3) is 0 Å². The summed E-state index contributed by atoms with van der Waals surface area (Å²) < 4.78 is 10.4. The quantitative estimate of drug-likeness (QED) is 0.251. The highest BCUT2D eigenvalue weighted by Crippen LogP contribution is 2.42. The van der Waals surface area contributed by atoms with Gasteiger partial charge in [-0.25, -0.2) is 4.98 Å². The van der Waals surface area contributed by atoms with Crippen molar-refractivity contribution in [3.8, 4) is 11.3 Å². The smallest absolute Gasteiger partial charge is 0.234 e. The largest absolute Gasteiger partial charge is 0.381 e. The molecule has 1 atom stereocenters. The van der Waals surface area contributed by atoms with Crippen LogP contribution in [0.5, 0.6) is 0 Å². The summed E-state index contributed by atoms with van der Waals surface area (Å²) in [7, 11) is 5.85. The van der Waals surface area contributed by atoms with E-state index in [2.05, 4.69) is 87.9 Å². The summed E-state index contributed by atoms with van der Waals surface area (Å²) in [6, 6.07) is 19.8. The van der Waals surface area contributed by atoms with Crippen LogP contribution in [0.4, 0.5) is 0 Å². The maximum absolute atomic E-state index is 12.8. The van der Waals surface area contributed by atoms with Crippen LogP contribution in [-0.4, -0.2) is 63.8 Å². The number of hydrogen-bond donors (Lipinski definition) is 1. The van der Waals surface area contributed by atoms with E-state index >= 15 is 0 Å². The first kappa shape index (κ1) is 29.1. The number of nitrogens with one attached hydrogen (secondary N) is 1. The minimum Gasteiger partial charge on any atom is -0.381 e. The number of imidazole rings is 1. The van der Waals surface area contributed by atoms with Gasteiger partial charge in [0.05, 0.1) is 52.4 Å². The Morgan fingerprint density at radius 3 is 2.49 bits per heavy atom. The number of nitrogens with zero attached hydrogens (tertiary/aromatic N) is 5. The van der Waals surface area contributed by atoms with Crippen LogP contribution in [0.25, 0.3) is 33.2 Å². The van der Waals surface area contributed by atoms with Gasteiger partial charge in [-0.3, -0.25) is 9.78 Å². The fourth-order valence-electron chi connectivity index (χ4n) is 6.74. The Morgan fingerprint density at radius 2 is 1.81 bits per heavy atom. The predicted molar refractivity (Wildman–Crippen MR) is 172 cm³/mol. The lowest BCUT2D eigenvalue weighted by molar-refractivity contribution is -0.123. The van der Waals surface area contributed by atoms with Crippen LogP contribution in [0.2, 0.25) is 0 Å². The maximum Gasteiger partial charge on any atom is 0.234 e. The molecule has 43 heavy (non-hydrogen) atoms. The standard InChI is InChI=1S/C35H42N6O2/c1-23-33(40(6)22-37-23)26-18-30-32(36-20-26)28-13-12-27(35(2,3)38-31(42)21-39(4)5)19-29(28)41(30)34(24-10-8-7-9-11-24)25-14-16-43-17-15-25/h7-13,18-20,22,25,34H,14-17,21H2,1-6H3,(H,38,42). The minimum absolute atomic E-state index is 0.00198. The molecular formula is C35H42N6O2. The summed E-state index contributed by atoms with van der Waals surface area (Å²) in [6.45, 7) is 8.06. The molecule has 1 fully saturated rings. The Balaban J connectivity index is 1.61. The van der Waals surface area contributed by atoms with Crippen molar-refractivity contribution in [3.05, 3.63) is 83.9 Å². The number of aromatic nitrogens is 4. The third kappa shape index (κ3) is 5.57. The molecule has 224 valence electrons. The first-order valence-corrected chi connectivity index (χ1v) is 15.1. The first-order chi connectivity index (χ1) is 20.6. The third-order valence-electron chi connectivity index (χ3n) is 8.80. The van der Waals surface area contributed by atoms with Gasteiger partial charge in [0, 0.05) is 37.4 Å². The second-order valence-electron chi connectivity index (χ2n) is 12.7. The lowest BCUT2D eigenvalue weighted by Crippen LogP contribution is -2.44. The van der Waals surface area contributed by atoms with Crippen LogP contribution < -0.4 is 5.32 Å². The van der Waals surface area contributed by atoms with Gasteiger partial charge in [-0.1, -0.05) is 42.5 Å². The summed E-state index contributed by atoms with van der Waals surface area (Å²) in [5.41, 5.74) is 8.06. The molecule has 1 amide bonds. The third-order valence-corrected chi connectivity index (χ3v) is 8.80. The van der Waals surface area contributed by atoms with Gasteiger partial charge >= 0.3 is 0 Å². The number of rotatable bonds is 8. The number of fused-ring (bicyclic) bond motifs is 3. The average Bonchev–Trinajstić information content (AvgIpc) is 3.48. The van der Waals surface area contributed by atoms with Gasteiger partial charge in [0.15, 0.2) is 0 Å². The molecule has 1 N–H and O–H groups in total. The van der Waals surface area contributed by atoms with Gasteiger partial charge < -0.3 is 24.1 Å². The number of hydrogen-bond acceptors (Lipinski definition) is 5. The molecule has 1 aliphatic heterocycles. The highest BCUT2D eigenvalue weighted by Gasteiger charge is 2.31. The fourth-order valence-corrected chi connectivity index (χ4v) is 6.74. The Kier molecular flexibility index (Phi) is 7.83.